The minimum Gasteiger partial charge on any atom is -0.385 e. The van der Waals surface area contributed by atoms with E-state index >= 15 is 0 Å². The first kappa shape index (κ1) is 20.8. The zero-order valence-electron chi connectivity index (χ0n) is 16.5. The third-order valence-corrected chi connectivity index (χ3v) is 4.58. The van der Waals surface area contributed by atoms with Crippen molar-refractivity contribution in [1.29, 1.82) is 0 Å². The highest BCUT2D eigenvalue weighted by Gasteiger charge is 2.16. The molecule has 0 saturated carbocycles. The second kappa shape index (κ2) is 10.0. The number of benzene rings is 1. The maximum absolute atomic E-state index is 13.4. The molecule has 1 aromatic carbocycles. The fourth-order valence-corrected chi connectivity index (χ4v) is 2.98. The molecule has 0 fully saturated rings. The van der Waals surface area contributed by atoms with Crippen LogP contribution in [-0.4, -0.2) is 34.1 Å². The van der Waals surface area contributed by atoms with Gasteiger partial charge >= 0.3 is 0 Å². The Morgan fingerprint density at radius 1 is 1.44 bits per heavy atom. The summed E-state index contributed by atoms with van der Waals surface area (Å²) >= 11 is 0. The van der Waals surface area contributed by atoms with Crippen molar-refractivity contribution in [2.75, 3.05) is 13.7 Å². The molecule has 6 heteroatoms. The predicted octanol–water partition coefficient (Wildman–Crippen LogP) is 4.34. The lowest BCUT2D eigenvalue weighted by Crippen LogP contribution is -2.22. The third kappa shape index (κ3) is 5.76. The first-order chi connectivity index (χ1) is 13.0. The molecule has 0 aliphatic rings. The van der Waals surface area contributed by atoms with Gasteiger partial charge < -0.3 is 14.2 Å². The van der Waals surface area contributed by atoms with Crippen LogP contribution >= 0.6 is 0 Å². The van der Waals surface area contributed by atoms with Gasteiger partial charge in [0.1, 0.15) is 11.6 Å². The molecule has 1 heterocycles. The van der Waals surface area contributed by atoms with E-state index in [0.29, 0.717) is 13.2 Å². The topological polar surface area (TPSA) is 47.4 Å². The van der Waals surface area contributed by atoms with Gasteiger partial charge in [0.15, 0.2) is 0 Å². The van der Waals surface area contributed by atoms with E-state index in [4.69, 9.17) is 4.74 Å². The number of carbonyl (C=O) groups excluding carboxylic acids is 1. The van der Waals surface area contributed by atoms with Crippen LogP contribution in [0.5, 0.6) is 0 Å². The van der Waals surface area contributed by atoms with Gasteiger partial charge in [-0.25, -0.2) is 9.37 Å². The fraction of sp³-hybridized carbons (Fsp3) is 0.429. The van der Waals surface area contributed by atoms with Crippen LogP contribution in [0.4, 0.5) is 4.39 Å². The number of halogens is 1. The number of ether oxygens (including phenoxy) is 1. The van der Waals surface area contributed by atoms with Crippen molar-refractivity contribution in [1.82, 2.24) is 14.5 Å². The lowest BCUT2D eigenvalue weighted by atomic mass is 10.0. The number of imidazole rings is 1. The smallest absolute Gasteiger partial charge is 0.223 e. The molecule has 0 radical (unpaired) electrons. The van der Waals surface area contributed by atoms with Crippen LogP contribution in [0.15, 0.2) is 36.7 Å². The Bertz CT molecular complexity index is 785. The maximum atomic E-state index is 13.4. The number of carbonyl (C=O) groups is 1. The first-order valence-corrected chi connectivity index (χ1v) is 9.18. The van der Waals surface area contributed by atoms with Gasteiger partial charge in [0.2, 0.25) is 5.91 Å². The molecule has 2 rings (SSSR count). The van der Waals surface area contributed by atoms with Crippen LogP contribution < -0.4 is 0 Å². The minimum atomic E-state index is -0.309. The summed E-state index contributed by atoms with van der Waals surface area (Å²) in [5.74, 6) is 0.813. The number of rotatable bonds is 9. The summed E-state index contributed by atoms with van der Waals surface area (Å²) in [6, 6.07) is 6.28. The summed E-state index contributed by atoms with van der Waals surface area (Å²) in [5.41, 5.74) is 1.73. The number of nitrogens with zero attached hydrogens (tertiary/aromatic N) is 3. The zero-order chi connectivity index (χ0) is 19.8. The molecule has 5 nitrogen and oxygen atoms in total. The Labute approximate surface area is 160 Å². The van der Waals surface area contributed by atoms with Gasteiger partial charge in [0.25, 0.3) is 0 Å². The predicted molar refractivity (Wildman–Crippen MR) is 104 cm³/mol. The van der Waals surface area contributed by atoms with Crippen LogP contribution in [0.2, 0.25) is 0 Å². The summed E-state index contributed by atoms with van der Waals surface area (Å²) in [7, 11) is 1.70. The summed E-state index contributed by atoms with van der Waals surface area (Å²) in [4.78, 5) is 18.2. The van der Waals surface area contributed by atoms with E-state index < -0.39 is 0 Å². The van der Waals surface area contributed by atoms with E-state index in [1.54, 1.807) is 30.3 Å². The van der Waals surface area contributed by atoms with Gasteiger partial charge in [0, 0.05) is 50.8 Å². The molecule has 0 bridgehead atoms. The average Bonchev–Trinajstić information content (AvgIpc) is 3.00. The van der Waals surface area contributed by atoms with Gasteiger partial charge in [0.05, 0.1) is 6.54 Å². The molecule has 1 amide bonds. The molecule has 1 atom stereocenters. The number of aryl methyl sites for hydroxylation is 1. The van der Waals surface area contributed by atoms with E-state index in [0.717, 1.165) is 29.9 Å². The SMILES string of the molecule is CCC(CCOC)c1ncc(C)n1/C=C\N(Cc1cccc(F)c1)C(C)=O. The van der Waals surface area contributed by atoms with E-state index in [9.17, 15) is 9.18 Å². The Morgan fingerprint density at radius 2 is 2.22 bits per heavy atom. The Balaban J connectivity index is 2.23. The lowest BCUT2D eigenvalue weighted by molar-refractivity contribution is -0.126. The van der Waals surface area contributed by atoms with Crippen molar-refractivity contribution >= 4 is 12.1 Å². The van der Waals surface area contributed by atoms with Crippen molar-refractivity contribution in [3.8, 4) is 0 Å². The molecule has 0 aliphatic heterocycles. The number of hydrogen-bond donors (Lipinski definition) is 0. The number of amides is 1. The highest BCUT2D eigenvalue weighted by Crippen LogP contribution is 2.23. The number of hydrogen-bond acceptors (Lipinski definition) is 3. The van der Waals surface area contributed by atoms with Crippen molar-refractivity contribution in [3.63, 3.8) is 0 Å². The molecule has 27 heavy (non-hydrogen) atoms. The highest BCUT2D eigenvalue weighted by molar-refractivity contribution is 5.74. The standard InChI is InChI=1S/C21H28FN3O2/c1-5-19(9-12-27-4)21-23-14-16(2)25(21)11-10-24(17(3)26)15-18-7-6-8-20(22)13-18/h6-8,10-11,13-14,19H,5,9,12,15H2,1-4H3/b11-10-. The molecule has 1 unspecified atom stereocenters. The molecule has 146 valence electrons. The van der Waals surface area contributed by atoms with Crippen LogP contribution in [0.3, 0.4) is 0 Å². The molecule has 1 aromatic heterocycles. The Hall–Kier alpha value is -2.47. The molecule has 0 saturated heterocycles. The number of aromatic nitrogens is 2. The van der Waals surface area contributed by atoms with E-state index in [-0.39, 0.29) is 17.6 Å². The summed E-state index contributed by atoms with van der Waals surface area (Å²) < 4.78 is 20.6. The van der Waals surface area contributed by atoms with Gasteiger partial charge in [-0.3, -0.25) is 4.79 Å². The van der Waals surface area contributed by atoms with E-state index in [1.807, 2.05) is 23.9 Å². The van der Waals surface area contributed by atoms with E-state index in [2.05, 4.69) is 11.9 Å². The first-order valence-electron chi connectivity index (χ1n) is 9.18. The van der Waals surface area contributed by atoms with Crippen LogP contribution in [-0.2, 0) is 16.1 Å². The number of methoxy groups -OCH3 is 1. The molecule has 0 aliphatic carbocycles. The Kier molecular flexibility index (Phi) is 7.73. The summed E-state index contributed by atoms with van der Waals surface area (Å²) in [6.45, 7) is 6.60. The van der Waals surface area contributed by atoms with Crippen LogP contribution in [0.1, 0.15) is 49.7 Å². The van der Waals surface area contributed by atoms with E-state index in [1.165, 1.54) is 19.1 Å². The largest absolute Gasteiger partial charge is 0.385 e. The van der Waals surface area contributed by atoms with Crippen molar-refractivity contribution in [2.45, 2.75) is 46.1 Å². The van der Waals surface area contributed by atoms with Crippen LogP contribution in [0.25, 0.3) is 6.20 Å². The third-order valence-electron chi connectivity index (χ3n) is 4.58. The Morgan fingerprint density at radius 3 is 2.85 bits per heavy atom. The lowest BCUT2D eigenvalue weighted by Gasteiger charge is -2.18. The fourth-order valence-electron chi connectivity index (χ4n) is 2.98. The average molecular weight is 373 g/mol. The van der Waals surface area contributed by atoms with Crippen molar-refractivity contribution in [3.05, 3.63) is 59.6 Å². The highest BCUT2D eigenvalue weighted by atomic mass is 19.1. The zero-order valence-corrected chi connectivity index (χ0v) is 16.5. The van der Waals surface area contributed by atoms with Crippen molar-refractivity contribution in [2.24, 2.45) is 0 Å². The van der Waals surface area contributed by atoms with Gasteiger partial charge in [-0.2, -0.15) is 0 Å². The molecule has 0 spiro atoms. The molecule has 2 aromatic rings. The molecule has 0 N–H and O–H groups in total. The van der Waals surface area contributed by atoms with Crippen molar-refractivity contribution < 1.29 is 13.9 Å². The quantitative estimate of drug-likeness (QED) is 0.657. The van der Waals surface area contributed by atoms with Crippen LogP contribution in [0, 0.1) is 12.7 Å². The minimum absolute atomic E-state index is 0.110. The second-order valence-corrected chi connectivity index (χ2v) is 6.59. The maximum Gasteiger partial charge on any atom is 0.223 e. The second-order valence-electron chi connectivity index (χ2n) is 6.59. The van der Waals surface area contributed by atoms with Gasteiger partial charge in [-0.05, 0) is 37.5 Å². The summed E-state index contributed by atoms with van der Waals surface area (Å²) in [5, 5.41) is 0. The van der Waals surface area contributed by atoms with Gasteiger partial charge in [-0.15, -0.1) is 0 Å². The van der Waals surface area contributed by atoms with Gasteiger partial charge in [-0.1, -0.05) is 19.1 Å². The monoisotopic (exact) mass is 373 g/mol. The molecular formula is C21H28FN3O2. The summed E-state index contributed by atoms with van der Waals surface area (Å²) in [6.07, 6.45) is 7.26. The normalized spacial score (nSPS) is 12.5. The molecular weight excluding hydrogens is 345 g/mol.